The minimum atomic E-state index is 0.101. The summed E-state index contributed by atoms with van der Waals surface area (Å²) in [6, 6.07) is 4.20. The molecule has 96 valence electrons. The van der Waals surface area contributed by atoms with E-state index in [0.29, 0.717) is 5.02 Å². The maximum atomic E-state index is 6.27. The van der Waals surface area contributed by atoms with Crippen molar-refractivity contribution in [2.45, 2.75) is 32.6 Å². The Bertz CT molecular complexity index is 383. The van der Waals surface area contributed by atoms with E-state index in [2.05, 4.69) is 32.2 Å². The van der Waals surface area contributed by atoms with Crippen LogP contribution >= 0.6 is 11.6 Å². The van der Waals surface area contributed by atoms with Gasteiger partial charge in [0.2, 0.25) is 0 Å². The molecule has 0 heterocycles. The molecule has 1 aromatic carbocycles. The van der Waals surface area contributed by atoms with E-state index in [-0.39, 0.29) is 5.41 Å². The molecular weight excluding hydrogens is 234 g/mol. The predicted molar refractivity (Wildman–Crippen MR) is 74.3 cm³/mol. The Kier molecular flexibility index (Phi) is 4.84. The van der Waals surface area contributed by atoms with E-state index >= 15 is 0 Å². The Morgan fingerprint density at radius 2 is 1.94 bits per heavy atom. The zero-order valence-electron chi connectivity index (χ0n) is 11.4. The van der Waals surface area contributed by atoms with E-state index in [9.17, 15) is 0 Å². The smallest absolute Gasteiger partial charge is 0.140 e. The summed E-state index contributed by atoms with van der Waals surface area (Å²) in [4.78, 5) is 0. The number of ether oxygens (including phenoxy) is 1. The second kappa shape index (κ2) is 5.74. The lowest BCUT2D eigenvalue weighted by molar-refractivity contribution is 0.409. The Morgan fingerprint density at radius 3 is 2.41 bits per heavy atom. The first-order chi connectivity index (χ1) is 7.90. The van der Waals surface area contributed by atoms with Gasteiger partial charge in [-0.05, 0) is 42.6 Å². The van der Waals surface area contributed by atoms with Crippen LogP contribution in [0.15, 0.2) is 12.1 Å². The van der Waals surface area contributed by atoms with Gasteiger partial charge in [0.15, 0.2) is 0 Å². The topological polar surface area (TPSA) is 21.3 Å². The van der Waals surface area contributed by atoms with Crippen LogP contribution < -0.4 is 10.1 Å². The monoisotopic (exact) mass is 255 g/mol. The van der Waals surface area contributed by atoms with Crippen molar-refractivity contribution < 1.29 is 4.74 Å². The van der Waals surface area contributed by atoms with Crippen LogP contribution in [0.1, 0.15) is 31.9 Å². The first kappa shape index (κ1) is 14.3. The SMILES string of the molecule is CNCCc1cc(C(C)(C)C)cc(Cl)c1OC. The van der Waals surface area contributed by atoms with Crippen LogP contribution in [0.3, 0.4) is 0 Å². The number of methoxy groups -OCH3 is 1. The Morgan fingerprint density at radius 1 is 1.29 bits per heavy atom. The highest BCUT2D eigenvalue weighted by molar-refractivity contribution is 6.32. The molecule has 0 aliphatic rings. The fourth-order valence-electron chi connectivity index (χ4n) is 1.76. The quantitative estimate of drug-likeness (QED) is 0.890. The Balaban J connectivity index is 3.19. The summed E-state index contributed by atoms with van der Waals surface area (Å²) in [6.45, 7) is 7.48. The highest BCUT2D eigenvalue weighted by atomic mass is 35.5. The van der Waals surface area contributed by atoms with Crippen molar-refractivity contribution >= 4 is 11.6 Å². The number of likely N-dealkylation sites (N-methyl/N-ethyl adjacent to an activating group) is 1. The summed E-state index contributed by atoms with van der Waals surface area (Å²) in [5.41, 5.74) is 2.51. The van der Waals surface area contributed by atoms with Crippen LogP contribution in [-0.2, 0) is 11.8 Å². The van der Waals surface area contributed by atoms with Crippen molar-refractivity contribution in [1.29, 1.82) is 0 Å². The van der Waals surface area contributed by atoms with Gasteiger partial charge in [-0.25, -0.2) is 0 Å². The lowest BCUT2D eigenvalue weighted by Gasteiger charge is -2.22. The minimum Gasteiger partial charge on any atom is -0.495 e. The molecular formula is C14H22ClNO. The molecule has 2 nitrogen and oxygen atoms in total. The number of nitrogens with one attached hydrogen (secondary N) is 1. The lowest BCUT2D eigenvalue weighted by atomic mass is 9.85. The largest absolute Gasteiger partial charge is 0.495 e. The number of benzene rings is 1. The van der Waals surface area contributed by atoms with E-state index in [1.165, 1.54) is 11.1 Å². The third kappa shape index (κ3) is 3.62. The number of halogens is 1. The van der Waals surface area contributed by atoms with Gasteiger partial charge in [-0.3, -0.25) is 0 Å². The van der Waals surface area contributed by atoms with Gasteiger partial charge in [-0.1, -0.05) is 38.4 Å². The molecule has 0 unspecified atom stereocenters. The summed E-state index contributed by atoms with van der Waals surface area (Å²) < 4.78 is 5.38. The maximum absolute atomic E-state index is 6.27. The van der Waals surface area contributed by atoms with Crippen LogP contribution in [0.25, 0.3) is 0 Å². The molecule has 1 rings (SSSR count). The molecule has 0 aromatic heterocycles. The fraction of sp³-hybridized carbons (Fsp3) is 0.571. The molecule has 17 heavy (non-hydrogen) atoms. The number of hydrogen-bond acceptors (Lipinski definition) is 2. The average Bonchev–Trinajstić information content (AvgIpc) is 2.24. The van der Waals surface area contributed by atoms with Crippen LogP contribution in [0.4, 0.5) is 0 Å². The van der Waals surface area contributed by atoms with Gasteiger partial charge < -0.3 is 10.1 Å². The van der Waals surface area contributed by atoms with Crippen molar-refractivity contribution in [3.05, 3.63) is 28.3 Å². The van der Waals surface area contributed by atoms with E-state index in [1.807, 2.05) is 13.1 Å². The highest BCUT2D eigenvalue weighted by Crippen LogP contribution is 2.34. The normalized spacial score (nSPS) is 11.6. The molecule has 0 aliphatic carbocycles. The minimum absolute atomic E-state index is 0.101. The molecule has 0 saturated heterocycles. The zero-order valence-corrected chi connectivity index (χ0v) is 12.1. The molecule has 0 fully saturated rings. The van der Waals surface area contributed by atoms with Gasteiger partial charge >= 0.3 is 0 Å². The third-order valence-corrected chi connectivity index (χ3v) is 3.12. The maximum Gasteiger partial charge on any atom is 0.140 e. The molecule has 0 bridgehead atoms. The van der Waals surface area contributed by atoms with Crippen LogP contribution in [0.2, 0.25) is 5.02 Å². The molecule has 0 amide bonds. The van der Waals surface area contributed by atoms with Gasteiger partial charge in [0, 0.05) is 0 Å². The lowest BCUT2D eigenvalue weighted by Crippen LogP contribution is -2.14. The second-order valence-electron chi connectivity index (χ2n) is 5.25. The molecule has 0 saturated carbocycles. The number of hydrogen-bond donors (Lipinski definition) is 1. The van der Waals surface area contributed by atoms with E-state index in [0.717, 1.165) is 18.7 Å². The van der Waals surface area contributed by atoms with Gasteiger partial charge in [0.25, 0.3) is 0 Å². The van der Waals surface area contributed by atoms with Crippen LogP contribution in [0.5, 0.6) is 5.75 Å². The molecule has 1 N–H and O–H groups in total. The van der Waals surface area contributed by atoms with Crippen molar-refractivity contribution in [3.8, 4) is 5.75 Å². The summed E-state index contributed by atoms with van der Waals surface area (Å²) in [6.07, 6.45) is 0.920. The molecule has 0 atom stereocenters. The highest BCUT2D eigenvalue weighted by Gasteiger charge is 2.18. The molecule has 1 aromatic rings. The number of rotatable bonds is 4. The van der Waals surface area contributed by atoms with Gasteiger partial charge in [-0.15, -0.1) is 0 Å². The Hall–Kier alpha value is -0.730. The second-order valence-corrected chi connectivity index (χ2v) is 5.66. The van der Waals surface area contributed by atoms with E-state index < -0.39 is 0 Å². The zero-order chi connectivity index (χ0) is 13.1. The predicted octanol–water partition coefficient (Wildman–Crippen LogP) is 3.41. The summed E-state index contributed by atoms with van der Waals surface area (Å²) in [7, 11) is 3.61. The molecule has 3 heteroatoms. The molecule has 0 aliphatic heterocycles. The third-order valence-electron chi connectivity index (χ3n) is 2.84. The van der Waals surface area contributed by atoms with Crippen LogP contribution in [0, 0.1) is 0 Å². The summed E-state index contributed by atoms with van der Waals surface area (Å²) in [5.74, 6) is 0.801. The first-order valence-electron chi connectivity index (χ1n) is 5.91. The van der Waals surface area contributed by atoms with Crippen molar-refractivity contribution in [3.63, 3.8) is 0 Å². The van der Waals surface area contributed by atoms with Crippen molar-refractivity contribution in [2.75, 3.05) is 20.7 Å². The molecule has 0 radical (unpaired) electrons. The fourth-order valence-corrected chi connectivity index (χ4v) is 2.07. The van der Waals surface area contributed by atoms with Crippen molar-refractivity contribution in [2.24, 2.45) is 0 Å². The van der Waals surface area contributed by atoms with Crippen molar-refractivity contribution in [1.82, 2.24) is 5.32 Å². The average molecular weight is 256 g/mol. The first-order valence-corrected chi connectivity index (χ1v) is 6.29. The molecule has 0 spiro atoms. The Labute approximate surface area is 109 Å². The van der Waals surface area contributed by atoms with Gasteiger partial charge in [0.1, 0.15) is 5.75 Å². The van der Waals surface area contributed by atoms with Crippen LogP contribution in [-0.4, -0.2) is 20.7 Å². The summed E-state index contributed by atoms with van der Waals surface area (Å²) in [5, 5.41) is 3.85. The standard InChI is InChI=1S/C14H22ClNO/c1-14(2,3)11-8-10(6-7-16-4)13(17-5)12(15)9-11/h8-9,16H,6-7H2,1-5H3. The van der Waals surface area contributed by atoms with Gasteiger partial charge in [0.05, 0.1) is 12.1 Å². The van der Waals surface area contributed by atoms with Gasteiger partial charge in [-0.2, -0.15) is 0 Å². The van der Waals surface area contributed by atoms with E-state index in [4.69, 9.17) is 16.3 Å². The van der Waals surface area contributed by atoms with E-state index in [1.54, 1.807) is 7.11 Å². The summed E-state index contributed by atoms with van der Waals surface area (Å²) >= 11 is 6.27.